The number of fused-ring (bicyclic) bond motifs is 5. The molecule has 4 heteroatoms. The molecule has 3 unspecified atom stereocenters. The fraction of sp³-hybridized carbons (Fsp3) is 0.840. The van der Waals surface area contributed by atoms with Gasteiger partial charge < -0.3 is 20.1 Å². The van der Waals surface area contributed by atoms with Gasteiger partial charge in [0.2, 0.25) is 0 Å². The van der Waals surface area contributed by atoms with Gasteiger partial charge in [-0.15, -0.1) is 0 Å². The van der Waals surface area contributed by atoms with E-state index in [-0.39, 0.29) is 35.1 Å². The van der Waals surface area contributed by atoms with Crippen LogP contribution in [0.15, 0.2) is 23.3 Å². The first-order valence-corrected chi connectivity index (χ1v) is 11.6. The van der Waals surface area contributed by atoms with Gasteiger partial charge >= 0.3 is 0 Å². The highest BCUT2D eigenvalue weighted by Crippen LogP contribution is 2.66. The quantitative estimate of drug-likeness (QED) is 0.481. The maximum atomic E-state index is 11.5. The van der Waals surface area contributed by atoms with E-state index in [1.54, 1.807) is 0 Å². The molecule has 0 bridgehead atoms. The lowest BCUT2D eigenvalue weighted by Gasteiger charge is -2.59. The van der Waals surface area contributed by atoms with Gasteiger partial charge in [0.25, 0.3) is 0 Å². The highest BCUT2D eigenvalue weighted by molar-refractivity contribution is 5.36. The summed E-state index contributed by atoms with van der Waals surface area (Å²) in [5, 5.41) is 30.8. The van der Waals surface area contributed by atoms with Crippen LogP contribution in [0.2, 0.25) is 0 Å². The van der Waals surface area contributed by atoms with Gasteiger partial charge in [-0.05, 0) is 67.1 Å². The molecule has 7 atom stereocenters. The number of allylic oxidation sites excluding steroid dienone is 2. The molecule has 0 spiro atoms. The topological polar surface area (TPSA) is 69.9 Å². The second-order valence-electron chi connectivity index (χ2n) is 11.2. The van der Waals surface area contributed by atoms with E-state index in [4.69, 9.17) is 9.84 Å². The van der Waals surface area contributed by atoms with Crippen molar-refractivity contribution in [2.75, 3.05) is 19.8 Å². The molecular weight excluding hydrogens is 364 g/mol. The third-order valence-electron chi connectivity index (χ3n) is 9.25. The minimum absolute atomic E-state index is 0.0514. The molecule has 0 amide bonds. The standard InChI is InChI=1S/C25H40O4/c1-23(2,15-29-12-11-26)21-8-7-19-18-6-5-16-13-17(27)9-10-24(16,3)20(18)14-22(28)25(19,21)4/h5,7,17-18,20-22,26-28H,6,8-15H2,1-4H3/t17-,18?,20?,21?,22+,24-,25-/m0/s1. The normalized spacial score (nSPS) is 44.4. The lowest BCUT2D eigenvalue weighted by Crippen LogP contribution is -2.55. The van der Waals surface area contributed by atoms with Crippen LogP contribution in [0.4, 0.5) is 0 Å². The first-order valence-electron chi connectivity index (χ1n) is 11.6. The lowest BCUT2D eigenvalue weighted by atomic mass is 9.46. The summed E-state index contributed by atoms with van der Waals surface area (Å²) < 4.78 is 5.74. The molecule has 3 N–H and O–H groups in total. The summed E-state index contributed by atoms with van der Waals surface area (Å²) in [6.07, 6.45) is 9.93. The zero-order chi connectivity index (χ0) is 21.0. The Hall–Kier alpha value is -0.680. The van der Waals surface area contributed by atoms with Crippen molar-refractivity contribution in [3.8, 4) is 0 Å². The van der Waals surface area contributed by atoms with Gasteiger partial charge in [0, 0.05) is 5.41 Å². The van der Waals surface area contributed by atoms with Crippen molar-refractivity contribution in [1.82, 2.24) is 0 Å². The number of aliphatic hydroxyl groups is 3. The molecule has 0 aromatic carbocycles. The van der Waals surface area contributed by atoms with E-state index in [1.807, 2.05) is 0 Å². The van der Waals surface area contributed by atoms with Gasteiger partial charge in [-0.2, -0.15) is 0 Å². The van der Waals surface area contributed by atoms with E-state index in [9.17, 15) is 10.2 Å². The van der Waals surface area contributed by atoms with Crippen molar-refractivity contribution in [3.63, 3.8) is 0 Å². The van der Waals surface area contributed by atoms with Gasteiger partial charge in [-0.25, -0.2) is 0 Å². The Morgan fingerprint density at radius 2 is 1.93 bits per heavy atom. The number of aliphatic hydroxyl groups excluding tert-OH is 3. The predicted molar refractivity (Wildman–Crippen MR) is 114 cm³/mol. The number of hydrogen-bond donors (Lipinski definition) is 3. The number of rotatable bonds is 5. The van der Waals surface area contributed by atoms with Crippen LogP contribution in [0, 0.1) is 34.0 Å². The van der Waals surface area contributed by atoms with Gasteiger partial charge in [0.05, 0.1) is 32.0 Å². The summed E-state index contributed by atoms with van der Waals surface area (Å²) in [7, 11) is 0. The van der Waals surface area contributed by atoms with Crippen LogP contribution >= 0.6 is 0 Å². The summed E-state index contributed by atoms with van der Waals surface area (Å²) in [6, 6.07) is 0. The summed E-state index contributed by atoms with van der Waals surface area (Å²) in [5.41, 5.74) is 2.75. The molecule has 0 aromatic heterocycles. The van der Waals surface area contributed by atoms with Crippen molar-refractivity contribution in [2.45, 2.75) is 78.4 Å². The molecule has 2 fully saturated rings. The second kappa shape index (κ2) is 7.47. The lowest BCUT2D eigenvalue weighted by molar-refractivity contribution is -0.0971. The Balaban J connectivity index is 1.62. The van der Waals surface area contributed by atoms with Crippen molar-refractivity contribution in [2.24, 2.45) is 34.0 Å². The Kier molecular flexibility index (Phi) is 5.55. The van der Waals surface area contributed by atoms with E-state index in [1.165, 1.54) is 11.1 Å². The molecule has 4 rings (SSSR count). The third-order valence-corrected chi connectivity index (χ3v) is 9.25. The molecule has 4 aliphatic carbocycles. The van der Waals surface area contributed by atoms with Crippen LogP contribution in [0.1, 0.15) is 66.2 Å². The van der Waals surface area contributed by atoms with Crippen LogP contribution in [0.3, 0.4) is 0 Å². The Morgan fingerprint density at radius 1 is 1.17 bits per heavy atom. The first-order chi connectivity index (χ1) is 13.6. The van der Waals surface area contributed by atoms with E-state index in [0.717, 1.165) is 38.5 Å². The molecule has 29 heavy (non-hydrogen) atoms. The Morgan fingerprint density at radius 3 is 2.66 bits per heavy atom. The van der Waals surface area contributed by atoms with Gasteiger partial charge in [-0.3, -0.25) is 0 Å². The van der Waals surface area contributed by atoms with E-state index >= 15 is 0 Å². The molecule has 4 nitrogen and oxygen atoms in total. The molecule has 4 aliphatic rings. The number of hydrogen-bond acceptors (Lipinski definition) is 4. The van der Waals surface area contributed by atoms with Crippen LogP contribution in [0.5, 0.6) is 0 Å². The van der Waals surface area contributed by atoms with Crippen molar-refractivity contribution in [3.05, 3.63) is 23.3 Å². The molecule has 2 saturated carbocycles. The molecule has 0 heterocycles. The zero-order valence-corrected chi connectivity index (χ0v) is 18.7. The largest absolute Gasteiger partial charge is 0.394 e. The van der Waals surface area contributed by atoms with Gasteiger partial charge in [-0.1, -0.05) is 51.0 Å². The van der Waals surface area contributed by atoms with Crippen molar-refractivity contribution < 1.29 is 20.1 Å². The molecule has 0 aromatic rings. The average Bonchev–Trinajstić information content (AvgIpc) is 3.03. The average molecular weight is 405 g/mol. The summed E-state index contributed by atoms with van der Waals surface area (Å²) >= 11 is 0. The minimum Gasteiger partial charge on any atom is -0.394 e. The fourth-order valence-electron chi connectivity index (χ4n) is 7.60. The zero-order valence-electron chi connectivity index (χ0n) is 18.7. The maximum absolute atomic E-state index is 11.5. The van der Waals surface area contributed by atoms with Gasteiger partial charge in [0.1, 0.15) is 0 Å². The van der Waals surface area contributed by atoms with Crippen LogP contribution in [-0.4, -0.2) is 47.3 Å². The molecule has 0 radical (unpaired) electrons. The minimum atomic E-state index is -0.345. The highest BCUT2D eigenvalue weighted by atomic mass is 16.5. The fourth-order valence-corrected chi connectivity index (χ4v) is 7.60. The Labute approximate surface area is 176 Å². The van der Waals surface area contributed by atoms with E-state index in [2.05, 4.69) is 39.8 Å². The summed E-state index contributed by atoms with van der Waals surface area (Å²) in [5.74, 6) is 1.31. The summed E-state index contributed by atoms with van der Waals surface area (Å²) in [6.45, 7) is 10.2. The number of ether oxygens (including phenoxy) is 1. The molecule has 0 aliphatic heterocycles. The van der Waals surface area contributed by atoms with Crippen LogP contribution in [0.25, 0.3) is 0 Å². The predicted octanol–water partition coefficient (Wildman–Crippen LogP) is 3.85. The highest BCUT2D eigenvalue weighted by Gasteiger charge is 2.61. The second-order valence-corrected chi connectivity index (χ2v) is 11.2. The monoisotopic (exact) mass is 404 g/mol. The maximum Gasteiger partial charge on any atom is 0.0697 e. The summed E-state index contributed by atoms with van der Waals surface area (Å²) in [4.78, 5) is 0. The Bertz CT molecular complexity index is 695. The van der Waals surface area contributed by atoms with E-state index < -0.39 is 0 Å². The first kappa shape index (κ1) is 21.5. The van der Waals surface area contributed by atoms with Gasteiger partial charge in [0.15, 0.2) is 0 Å². The molecule has 164 valence electrons. The molecule has 0 saturated heterocycles. The van der Waals surface area contributed by atoms with Crippen LogP contribution < -0.4 is 0 Å². The third kappa shape index (κ3) is 3.26. The van der Waals surface area contributed by atoms with E-state index in [0.29, 0.717) is 31.0 Å². The molecular formula is C25H40O4. The van der Waals surface area contributed by atoms with Crippen LogP contribution in [-0.2, 0) is 4.74 Å². The smallest absolute Gasteiger partial charge is 0.0697 e. The van der Waals surface area contributed by atoms with Crippen molar-refractivity contribution >= 4 is 0 Å². The SMILES string of the molecule is CC(C)(COCCO)C1CC=C2C3CC=C4C[C@@H](O)CC[C@]4(C)C3C[C@@H](O)[C@@]21C. The van der Waals surface area contributed by atoms with Crippen molar-refractivity contribution in [1.29, 1.82) is 0 Å².